The van der Waals surface area contributed by atoms with Gasteiger partial charge in [0.1, 0.15) is 5.75 Å². The molecular weight excluding hydrogens is 373 g/mol. The van der Waals surface area contributed by atoms with E-state index in [1.165, 1.54) is 0 Å². The van der Waals surface area contributed by atoms with Gasteiger partial charge in [-0.2, -0.15) is 0 Å². The van der Waals surface area contributed by atoms with Gasteiger partial charge >= 0.3 is 0 Å². The van der Waals surface area contributed by atoms with Gasteiger partial charge in [0.25, 0.3) is 0 Å². The number of hydrogen-bond acceptors (Lipinski definition) is 2. The van der Waals surface area contributed by atoms with Crippen LogP contribution in [0.5, 0.6) is 5.75 Å². The molecule has 0 aliphatic carbocycles. The van der Waals surface area contributed by atoms with Crippen LogP contribution < -0.4 is 10.5 Å². The lowest BCUT2D eigenvalue weighted by Crippen LogP contribution is -2.16. The highest BCUT2D eigenvalue weighted by molar-refractivity contribution is 9.10. The summed E-state index contributed by atoms with van der Waals surface area (Å²) in [6, 6.07) is 7.08. The largest absolute Gasteiger partial charge is 0.496 e. The van der Waals surface area contributed by atoms with Crippen molar-refractivity contribution in [3.8, 4) is 5.75 Å². The van der Waals surface area contributed by atoms with Gasteiger partial charge < -0.3 is 10.5 Å². The van der Waals surface area contributed by atoms with E-state index in [0.29, 0.717) is 10.0 Å². The third-order valence-corrected chi connectivity index (χ3v) is 5.20. The Hall–Kier alpha value is -0.740. The fourth-order valence-corrected chi connectivity index (χ4v) is 3.42. The third kappa shape index (κ3) is 3.07. The first kappa shape index (κ1) is 16.6. The van der Waals surface area contributed by atoms with Crippen LogP contribution in [0.3, 0.4) is 0 Å². The molecule has 0 radical (unpaired) electrons. The zero-order valence-electron chi connectivity index (χ0n) is 12.0. The van der Waals surface area contributed by atoms with Crippen molar-refractivity contribution in [2.75, 3.05) is 7.11 Å². The van der Waals surface area contributed by atoms with Crippen LogP contribution in [0, 0.1) is 13.8 Å². The van der Waals surface area contributed by atoms with Crippen LogP contribution in [-0.2, 0) is 0 Å². The van der Waals surface area contributed by atoms with Crippen molar-refractivity contribution in [3.63, 3.8) is 0 Å². The Morgan fingerprint density at radius 3 is 2.52 bits per heavy atom. The smallest absolute Gasteiger partial charge is 0.127 e. The van der Waals surface area contributed by atoms with E-state index in [1.807, 2.05) is 32.0 Å². The van der Waals surface area contributed by atoms with Gasteiger partial charge in [-0.05, 0) is 42.7 Å². The molecule has 0 aliphatic rings. The van der Waals surface area contributed by atoms with E-state index >= 15 is 0 Å². The summed E-state index contributed by atoms with van der Waals surface area (Å²) in [6.45, 7) is 3.98. The molecule has 0 aliphatic heterocycles. The molecule has 2 aromatic rings. The Bertz CT molecular complexity index is 688. The Morgan fingerprint density at radius 1 is 1.24 bits per heavy atom. The number of hydrogen-bond donors (Lipinski definition) is 1. The van der Waals surface area contributed by atoms with Crippen LogP contribution in [0.4, 0.5) is 0 Å². The van der Waals surface area contributed by atoms with Gasteiger partial charge in [0.05, 0.1) is 23.2 Å². The van der Waals surface area contributed by atoms with Crippen molar-refractivity contribution in [3.05, 3.63) is 61.0 Å². The van der Waals surface area contributed by atoms with Crippen LogP contribution in [0.15, 0.2) is 28.7 Å². The second kappa shape index (κ2) is 6.57. The molecule has 0 aromatic heterocycles. The van der Waals surface area contributed by atoms with Gasteiger partial charge in [0, 0.05) is 10.0 Å². The summed E-state index contributed by atoms with van der Waals surface area (Å²) >= 11 is 16.0. The molecule has 1 unspecified atom stereocenters. The number of ether oxygens (including phenoxy) is 1. The van der Waals surface area contributed by atoms with Crippen molar-refractivity contribution in [1.82, 2.24) is 0 Å². The zero-order chi connectivity index (χ0) is 15.7. The quantitative estimate of drug-likeness (QED) is 0.760. The predicted octanol–water partition coefficient (Wildman–Crippen LogP) is 5.43. The summed E-state index contributed by atoms with van der Waals surface area (Å²) in [5.41, 5.74) is 10.2. The maximum atomic E-state index is 6.46. The third-order valence-electron chi connectivity index (χ3n) is 3.54. The number of methoxy groups -OCH3 is 1. The summed E-state index contributed by atoms with van der Waals surface area (Å²) in [6.07, 6.45) is 0. The van der Waals surface area contributed by atoms with E-state index in [0.717, 1.165) is 32.5 Å². The van der Waals surface area contributed by atoms with Gasteiger partial charge in [-0.15, -0.1) is 0 Å². The molecule has 2 nitrogen and oxygen atoms in total. The molecule has 2 aromatic carbocycles. The summed E-state index contributed by atoms with van der Waals surface area (Å²) in [7, 11) is 1.64. The standard InChI is InChI=1S/C16H16BrCl2NO/c1-8-7-11(17)9(2)13(16(8)21-3)15(20)10-5-4-6-12(18)14(10)19/h4-7,15H,20H2,1-3H3. The molecule has 5 heteroatoms. The maximum Gasteiger partial charge on any atom is 0.127 e. The van der Waals surface area contributed by atoms with Gasteiger partial charge in [0.15, 0.2) is 0 Å². The van der Waals surface area contributed by atoms with E-state index in [4.69, 9.17) is 33.7 Å². The van der Waals surface area contributed by atoms with E-state index in [-0.39, 0.29) is 0 Å². The summed E-state index contributed by atoms with van der Waals surface area (Å²) in [5.74, 6) is 0.777. The van der Waals surface area contributed by atoms with Crippen LogP contribution in [0.2, 0.25) is 10.0 Å². The molecule has 2 rings (SSSR count). The highest BCUT2D eigenvalue weighted by Gasteiger charge is 2.22. The number of halogens is 3. The minimum Gasteiger partial charge on any atom is -0.496 e. The first-order valence-electron chi connectivity index (χ1n) is 6.41. The van der Waals surface area contributed by atoms with Gasteiger partial charge in [0.2, 0.25) is 0 Å². The van der Waals surface area contributed by atoms with Crippen LogP contribution in [0.1, 0.15) is 28.3 Å². The highest BCUT2D eigenvalue weighted by atomic mass is 79.9. The lowest BCUT2D eigenvalue weighted by atomic mass is 9.93. The van der Waals surface area contributed by atoms with Crippen LogP contribution >= 0.6 is 39.1 Å². The molecule has 0 heterocycles. The molecule has 2 N–H and O–H groups in total. The topological polar surface area (TPSA) is 35.2 Å². The average Bonchev–Trinajstić information content (AvgIpc) is 2.44. The lowest BCUT2D eigenvalue weighted by Gasteiger charge is -2.22. The normalized spacial score (nSPS) is 12.3. The fraction of sp³-hybridized carbons (Fsp3) is 0.250. The SMILES string of the molecule is COc1c(C)cc(Br)c(C)c1C(N)c1cccc(Cl)c1Cl. The van der Waals surface area contributed by atoms with E-state index in [1.54, 1.807) is 13.2 Å². The first-order chi connectivity index (χ1) is 9.88. The molecule has 0 saturated heterocycles. The van der Waals surface area contributed by atoms with Crippen molar-refractivity contribution in [2.45, 2.75) is 19.9 Å². The van der Waals surface area contributed by atoms with E-state index in [9.17, 15) is 0 Å². The zero-order valence-corrected chi connectivity index (χ0v) is 15.1. The predicted molar refractivity (Wildman–Crippen MR) is 92.7 cm³/mol. The Labute approximate surface area is 143 Å². The number of benzene rings is 2. The highest BCUT2D eigenvalue weighted by Crippen LogP contribution is 2.40. The molecule has 21 heavy (non-hydrogen) atoms. The number of aryl methyl sites for hydroxylation is 1. The molecule has 112 valence electrons. The van der Waals surface area contributed by atoms with Crippen molar-refractivity contribution < 1.29 is 4.74 Å². The lowest BCUT2D eigenvalue weighted by molar-refractivity contribution is 0.404. The van der Waals surface area contributed by atoms with E-state index < -0.39 is 6.04 Å². The Morgan fingerprint density at radius 2 is 1.90 bits per heavy atom. The Balaban J connectivity index is 2.68. The molecule has 0 bridgehead atoms. The summed E-state index contributed by atoms with van der Waals surface area (Å²) < 4.78 is 6.54. The summed E-state index contributed by atoms with van der Waals surface area (Å²) in [4.78, 5) is 0. The second-order valence-electron chi connectivity index (χ2n) is 4.87. The minimum atomic E-state index is -0.414. The summed E-state index contributed by atoms with van der Waals surface area (Å²) in [5, 5.41) is 0.971. The molecule has 0 amide bonds. The van der Waals surface area contributed by atoms with Crippen LogP contribution in [0.25, 0.3) is 0 Å². The van der Waals surface area contributed by atoms with E-state index in [2.05, 4.69) is 15.9 Å². The van der Waals surface area contributed by atoms with Crippen molar-refractivity contribution in [1.29, 1.82) is 0 Å². The minimum absolute atomic E-state index is 0.414. The average molecular weight is 389 g/mol. The van der Waals surface area contributed by atoms with Crippen LogP contribution in [-0.4, -0.2) is 7.11 Å². The fourth-order valence-electron chi connectivity index (χ4n) is 2.44. The number of rotatable bonds is 3. The number of nitrogens with two attached hydrogens (primary N) is 1. The van der Waals surface area contributed by atoms with Gasteiger partial charge in [-0.3, -0.25) is 0 Å². The Kier molecular flexibility index (Phi) is 5.20. The first-order valence-corrected chi connectivity index (χ1v) is 7.96. The maximum absolute atomic E-state index is 6.46. The van der Waals surface area contributed by atoms with Gasteiger partial charge in [-0.25, -0.2) is 0 Å². The molecule has 0 fully saturated rings. The van der Waals surface area contributed by atoms with Gasteiger partial charge in [-0.1, -0.05) is 51.3 Å². The second-order valence-corrected chi connectivity index (χ2v) is 6.51. The molecular formula is C16H16BrCl2NO. The molecule has 0 spiro atoms. The molecule has 0 saturated carbocycles. The molecule has 1 atom stereocenters. The van der Waals surface area contributed by atoms with Crippen molar-refractivity contribution >= 4 is 39.1 Å². The van der Waals surface area contributed by atoms with Crippen molar-refractivity contribution in [2.24, 2.45) is 5.73 Å². The monoisotopic (exact) mass is 387 g/mol.